The highest BCUT2D eigenvalue weighted by Gasteiger charge is 2.36. The lowest BCUT2D eigenvalue weighted by Gasteiger charge is -2.34. The van der Waals surface area contributed by atoms with E-state index >= 15 is 0 Å². The van der Waals surface area contributed by atoms with Gasteiger partial charge in [0.1, 0.15) is 0 Å². The zero-order chi connectivity index (χ0) is 13.8. The average molecular weight is 272 g/mol. The molecule has 2 nitrogen and oxygen atoms in total. The smallest absolute Gasteiger partial charge is 0.0309 e. The van der Waals surface area contributed by atoms with E-state index in [1.54, 1.807) is 0 Å². The molecule has 2 aliphatic rings. The van der Waals surface area contributed by atoms with Crippen LogP contribution in [0.15, 0.2) is 30.3 Å². The Hall–Kier alpha value is -0.860. The molecule has 2 fully saturated rings. The minimum atomic E-state index is 0.417. The van der Waals surface area contributed by atoms with Crippen molar-refractivity contribution in [3.05, 3.63) is 35.9 Å². The maximum atomic E-state index is 3.81. The van der Waals surface area contributed by atoms with E-state index in [1.165, 1.54) is 63.8 Å². The Labute approximate surface area is 123 Å². The minimum absolute atomic E-state index is 0.417. The van der Waals surface area contributed by atoms with Crippen LogP contribution in [0, 0.1) is 0 Å². The zero-order valence-electron chi connectivity index (χ0n) is 12.8. The number of nitrogens with one attached hydrogen (secondary N) is 1. The molecule has 110 valence electrons. The van der Waals surface area contributed by atoms with Crippen molar-refractivity contribution in [3.63, 3.8) is 0 Å². The summed E-state index contributed by atoms with van der Waals surface area (Å²) in [5.74, 6) is 0.747. The lowest BCUT2D eigenvalue weighted by molar-refractivity contribution is 0.211. The van der Waals surface area contributed by atoms with Crippen LogP contribution < -0.4 is 5.32 Å². The number of nitrogens with zero attached hydrogens (tertiary/aromatic N) is 1. The van der Waals surface area contributed by atoms with Crippen molar-refractivity contribution >= 4 is 0 Å². The van der Waals surface area contributed by atoms with Crippen molar-refractivity contribution in [2.24, 2.45) is 0 Å². The van der Waals surface area contributed by atoms with Gasteiger partial charge in [-0.05, 0) is 50.3 Å². The van der Waals surface area contributed by atoms with Gasteiger partial charge in [-0.25, -0.2) is 0 Å². The molecule has 0 spiro atoms. The Morgan fingerprint density at radius 1 is 1.30 bits per heavy atom. The molecule has 2 unspecified atom stereocenters. The third-order valence-corrected chi connectivity index (χ3v) is 5.13. The topological polar surface area (TPSA) is 15.3 Å². The summed E-state index contributed by atoms with van der Waals surface area (Å²) >= 11 is 0. The molecule has 0 aromatic heterocycles. The minimum Gasteiger partial charge on any atom is -0.310 e. The first-order valence-corrected chi connectivity index (χ1v) is 8.34. The van der Waals surface area contributed by atoms with Crippen LogP contribution in [0.3, 0.4) is 0 Å². The van der Waals surface area contributed by atoms with Gasteiger partial charge in [0.05, 0.1) is 0 Å². The van der Waals surface area contributed by atoms with Crippen LogP contribution in [0.5, 0.6) is 0 Å². The van der Waals surface area contributed by atoms with Crippen LogP contribution in [0.1, 0.15) is 50.5 Å². The first-order valence-electron chi connectivity index (χ1n) is 8.34. The van der Waals surface area contributed by atoms with E-state index in [4.69, 9.17) is 0 Å². The predicted octanol–water partition coefficient (Wildman–Crippen LogP) is 3.40. The maximum absolute atomic E-state index is 3.81. The number of benzene rings is 1. The van der Waals surface area contributed by atoms with Crippen LogP contribution in [0.4, 0.5) is 0 Å². The Kier molecular flexibility index (Phi) is 4.42. The summed E-state index contributed by atoms with van der Waals surface area (Å²) in [4.78, 5) is 2.70. The molecule has 1 N–H and O–H groups in total. The van der Waals surface area contributed by atoms with Gasteiger partial charge in [-0.2, -0.15) is 0 Å². The Bertz CT molecular complexity index is 409. The van der Waals surface area contributed by atoms with E-state index in [9.17, 15) is 0 Å². The van der Waals surface area contributed by atoms with Gasteiger partial charge >= 0.3 is 0 Å². The first-order chi connectivity index (χ1) is 9.81. The van der Waals surface area contributed by atoms with Gasteiger partial charge in [0.15, 0.2) is 0 Å². The van der Waals surface area contributed by atoms with Crippen molar-refractivity contribution in [1.82, 2.24) is 10.2 Å². The number of hydrogen-bond donors (Lipinski definition) is 1. The monoisotopic (exact) mass is 272 g/mol. The van der Waals surface area contributed by atoms with Crippen LogP contribution in [-0.2, 0) is 0 Å². The second-order valence-electron chi connectivity index (χ2n) is 6.69. The molecule has 2 heteroatoms. The second-order valence-corrected chi connectivity index (χ2v) is 6.69. The third kappa shape index (κ3) is 3.07. The fourth-order valence-corrected chi connectivity index (χ4v) is 4.18. The van der Waals surface area contributed by atoms with Crippen LogP contribution >= 0.6 is 0 Å². The summed E-state index contributed by atoms with van der Waals surface area (Å²) in [7, 11) is 0. The molecule has 0 radical (unpaired) electrons. The molecule has 20 heavy (non-hydrogen) atoms. The fourth-order valence-electron chi connectivity index (χ4n) is 4.18. The molecule has 0 saturated carbocycles. The molecule has 2 saturated heterocycles. The third-order valence-electron chi connectivity index (χ3n) is 5.13. The lowest BCUT2D eigenvalue weighted by Crippen LogP contribution is -2.49. The maximum Gasteiger partial charge on any atom is 0.0309 e. The van der Waals surface area contributed by atoms with Crippen molar-refractivity contribution < 1.29 is 0 Å². The first kappa shape index (κ1) is 14.1. The molecule has 2 atom stereocenters. The summed E-state index contributed by atoms with van der Waals surface area (Å²) in [5.41, 5.74) is 1.94. The van der Waals surface area contributed by atoms with Crippen LogP contribution in [0.25, 0.3) is 0 Å². The quantitative estimate of drug-likeness (QED) is 0.884. The highest BCUT2D eigenvalue weighted by atomic mass is 15.2. The second kappa shape index (κ2) is 6.28. The molecular weight excluding hydrogens is 244 g/mol. The van der Waals surface area contributed by atoms with Crippen LogP contribution in [-0.4, -0.2) is 36.6 Å². The molecule has 0 amide bonds. The Balaban J connectivity index is 1.60. The Morgan fingerprint density at radius 2 is 2.15 bits per heavy atom. The van der Waals surface area contributed by atoms with Gasteiger partial charge in [-0.3, -0.25) is 0 Å². The normalized spacial score (nSPS) is 30.9. The van der Waals surface area contributed by atoms with Gasteiger partial charge in [0.25, 0.3) is 0 Å². The van der Waals surface area contributed by atoms with Gasteiger partial charge in [0, 0.05) is 18.6 Å². The number of likely N-dealkylation sites (tertiary alicyclic amines) is 1. The average Bonchev–Trinajstić information content (AvgIpc) is 3.11. The molecule has 0 aliphatic carbocycles. The molecule has 2 aliphatic heterocycles. The summed E-state index contributed by atoms with van der Waals surface area (Å²) < 4.78 is 0. The van der Waals surface area contributed by atoms with E-state index in [0.717, 1.165) is 5.92 Å². The highest BCUT2D eigenvalue weighted by molar-refractivity contribution is 5.21. The van der Waals surface area contributed by atoms with Crippen LogP contribution in [0.2, 0.25) is 0 Å². The van der Waals surface area contributed by atoms with E-state index in [0.29, 0.717) is 5.54 Å². The highest BCUT2D eigenvalue weighted by Crippen LogP contribution is 2.31. The lowest BCUT2D eigenvalue weighted by atomic mass is 9.91. The van der Waals surface area contributed by atoms with E-state index in [2.05, 4.69) is 47.5 Å². The van der Waals surface area contributed by atoms with Crippen molar-refractivity contribution in [2.45, 2.75) is 50.5 Å². The molecule has 3 rings (SSSR count). The fraction of sp³-hybridized carbons (Fsp3) is 0.667. The largest absolute Gasteiger partial charge is 0.310 e. The molecular formula is C18H28N2. The SMILES string of the molecule is CCCC1(CN2CCC(c3ccccc3)C2)CCCN1. The molecule has 1 aromatic carbocycles. The predicted molar refractivity (Wildman–Crippen MR) is 85.1 cm³/mol. The summed E-state index contributed by atoms with van der Waals surface area (Å²) in [6, 6.07) is 11.1. The molecule has 1 aromatic rings. The van der Waals surface area contributed by atoms with Gasteiger partial charge < -0.3 is 10.2 Å². The zero-order valence-corrected chi connectivity index (χ0v) is 12.8. The van der Waals surface area contributed by atoms with Crippen molar-refractivity contribution in [1.29, 1.82) is 0 Å². The van der Waals surface area contributed by atoms with Gasteiger partial charge in [-0.15, -0.1) is 0 Å². The molecule has 2 heterocycles. The van der Waals surface area contributed by atoms with E-state index < -0.39 is 0 Å². The van der Waals surface area contributed by atoms with Gasteiger partial charge in [-0.1, -0.05) is 43.7 Å². The molecule has 0 bridgehead atoms. The number of hydrogen-bond acceptors (Lipinski definition) is 2. The Morgan fingerprint density at radius 3 is 2.85 bits per heavy atom. The van der Waals surface area contributed by atoms with Crippen molar-refractivity contribution in [3.8, 4) is 0 Å². The number of rotatable bonds is 5. The van der Waals surface area contributed by atoms with Gasteiger partial charge in [0.2, 0.25) is 0 Å². The standard InChI is InChI=1S/C18H28N2/c1-2-10-18(11-6-12-19-18)15-20-13-9-17(14-20)16-7-4-3-5-8-16/h3-5,7-8,17,19H,2,6,9-15H2,1H3. The van der Waals surface area contributed by atoms with Crippen molar-refractivity contribution in [2.75, 3.05) is 26.2 Å². The van der Waals surface area contributed by atoms with E-state index in [1.807, 2.05) is 0 Å². The summed E-state index contributed by atoms with van der Waals surface area (Å²) in [5, 5.41) is 3.81. The summed E-state index contributed by atoms with van der Waals surface area (Å²) in [6.07, 6.45) is 6.68. The van der Waals surface area contributed by atoms with E-state index in [-0.39, 0.29) is 0 Å². The summed E-state index contributed by atoms with van der Waals surface area (Å²) in [6.45, 7) is 7.31.